The maximum absolute atomic E-state index is 13.6. The molecule has 4 aromatic rings. The van der Waals surface area contributed by atoms with Gasteiger partial charge in [-0.25, -0.2) is 9.97 Å². The fraction of sp³-hybridized carbons (Fsp3) is 0.323. The molecule has 2 heterocycles. The summed E-state index contributed by atoms with van der Waals surface area (Å²) in [6.45, 7) is 6.51. The molecule has 1 saturated heterocycles. The van der Waals surface area contributed by atoms with Crippen LogP contribution in [0.4, 0.5) is 24.8 Å². The zero-order chi connectivity index (χ0) is 29.1. The molecular formula is C31H32F3N5O2. The number of anilines is 2. The Morgan fingerprint density at radius 2 is 1.95 bits per heavy atom. The van der Waals surface area contributed by atoms with Gasteiger partial charge >= 0.3 is 6.18 Å². The average molecular weight is 564 g/mol. The topological polar surface area (TPSA) is 79.4 Å². The number of fused-ring (bicyclic) bond motifs is 1. The van der Waals surface area contributed by atoms with Crippen molar-refractivity contribution < 1.29 is 22.7 Å². The first-order valence-electron chi connectivity index (χ1n) is 13.6. The summed E-state index contributed by atoms with van der Waals surface area (Å²) < 4.78 is 46.9. The molecule has 0 bridgehead atoms. The van der Waals surface area contributed by atoms with E-state index in [2.05, 4.69) is 32.4 Å². The van der Waals surface area contributed by atoms with Crippen molar-refractivity contribution in [3.63, 3.8) is 0 Å². The summed E-state index contributed by atoms with van der Waals surface area (Å²) in [6, 6.07) is 14.2. The van der Waals surface area contributed by atoms with E-state index < -0.39 is 17.6 Å². The number of alkyl halides is 3. The predicted octanol–water partition coefficient (Wildman–Crippen LogP) is 6.78. The Labute approximate surface area is 236 Å². The van der Waals surface area contributed by atoms with Gasteiger partial charge in [0.05, 0.1) is 16.8 Å². The van der Waals surface area contributed by atoms with Gasteiger partial charge in [0.15, 0.2) is 0 Å². The highest BCUT2D eigenvalue weighted by atomic mass is 19.4. The molecule has 1 fully saturated rings. The van der Waals surface area contributed by atoms with Crippen molar-refractivity contribution in [3.05, 3.63) is 77.5 Å². The second-order valence-corrected chi connectivity index (χ2v) is 10.2. The molecule has 5 rings (SSSR count). The Bertz CT molecular complexity index is 1570. The highest BCUT2D eigenvalue weighted by Crippen LogP contribution is 2.36. The van der Waals surface area contributed by atoms with Crippen molar-refractivity contribution >= 4 is 28.4 Å². The van der Waals surface area contributed by atoms with Gasteiger partial charge in [-0.15, -0.1) is 0 Å². The lowest BCUT2D eigenvalue weighted by atomic mass is 9.97. The molecule has 0 aliphatic carbocycles. The van der Waals surface area contributed by atoms with Crippen molar-refractivity contribution in [1.82, 2.24) is 14.9 Å². The van der Waals surface area contributed by atoms with Crippen molar-refractivity contribution in [2.45, 2.75) is 39.0 Å². The lowest BCUT2D eigenvalue weighted by Gasteiger charge is -2.32. The van der Waals surface area contributed by atoms with Crippen LogP contribution in [-0.2, 0) is 6.18 Å². The van der Waals surface area contributed by atoms with Crippen LogP contribution in [0.3, 0.4) is 0 Å². The van der Waals surface area contributed by atoms with Crippen LogP contribution in [-0.4, -0.2) is 53.6 Å². The molecule has 0 saturated carbocycles. The Morgan fingerprint density at radius 1 is 1.12 bits per heavy atom. The van der Waals surface area contributed by atoms with Crippen molar-refractivity contribution in [1.29, 1.82) is 0 Å². The van der Waals surface area contributed by atoms with E-state index in [-0.39, 0.29) is 17.5 Å². The normalized spacial score (nSPS) is 16.0. The van der Waals surface area contributed by atoms with E-state index in [1.54, 1.807) is 25.4 Å². The molecule has 1 unspecified atom stereocenters. The molecule has 2 N–H and O–H groups in total. The third-order valence-corrected chi connectivity index (χ3v) is 7.37. The van der Waals surface area contributed by atoms with Crippen LogP contribution in [0.15, 0.2) is 60.8 Å². The quantitative estimate of drug-likeness (QED) is 0.258. The number of likely N-dealkylation sites (N-methyl/N-ethyl adjacent to an activating group) is 1. The van der Waals surface area contributed by atoms with Crippen LogP contribution in [0.1, 0.15) is 41.3 Å². The maximum atomic E-state index is 13.6. The number of rotatable bonds is 7. The van der Waals surface area contributed by atoms with Crippen molar-refractivity contribution in [3.8, 4) is 16.9 Å². The first-order chi connectivity index (χ1) is 19.6. The molecular weight excluding hydrogens is 531 g/mol. The summed E-state index contributed by atoms with van der Waals surface area (Å²) in [4.78, 5) is 24.4. The second-order valence-electron chi connectivity index (χ2n) is 10.2. The Balaban J connectivity index is 1.44. The maximum Gasteiger partial charge on any atom is 0.416 e. The number of carbonyl (C=O) groups is 1. The molecule has 1 atom stereocenters. The van der Waals surface area contributed by atoms with E-state index in [4.69, 9.17) is 4.74 Å². The van der Waals surface area contributed by atoms with E-state index in [9.17, 15) is 18.0 Å². The smallest absolute Gasteiger partial charge is 0.416 e. The van der Waals surface area contributed by atoms with Crippen LogP contribution >= 0.6 is 0 Å². The number of hydrogen-bond acceptors (Lipinski definition) is 6. The van der Waals surface area contributed by atoms with Gasteiger partial charge in [-0.05, 0) is 92.0 Å². The zero-order valence-corrected chi connectivity index (χ0v) is 23.2. The molecule has 3 aromatic carbocycles. The molecule has 0 radical (unpaired) electrons. The molecule has 41 heavy (non-hydrogen) atoms. The van der Waals surface area contributed by atoms with Gasteiger partial charge in [-0.2, -0.15) is 13.2 Å². The summed E-state index contributed by atoms with van der Waals surface area (Å²) >= 11 is 0. The summed E-state index contributed by atoms with van der Waals surface area (Å²) in [5, 5.41) is 6.45. The fourth-order valence-corrected chi connectivity index (χ4v) is 5.07. The number of nitrogens with zero attached hydrogens (tertiary/aromatic N) is 3. The molecule has 1 aliphatic rings. The molecule has 1 amide bonds. The first-order valence-corrected chi connectivity index (χ1v) is 13.6. The van der Waals surface area contributed by atoms with E-state index in [1.807, 2.05) is 31.2 Å². The third kappa shape index (κ3) is 6.43. The minimum atomic E-state index is -4.56. The third-order valence-electron chi connectivity index (χ3n) is 7.37. The predicted molar refractivity (Wildman–Crippen MR) is 154 cm³/mol. The molecule has 1 aromatic heterocycles. The number of nitrogens with one attached hydrogen (secondary N) is 2. The minimum absolute atomic E-state index is 0.0104. The number of ether oxygens (including phenoxy) is 1. The van der Waals surface area contributed by atoms with E-state index >= 15 is 0 Å². The number of benzene rings is 3. The van der Waals surface area contributed by atoms with Gasteiger partial charge in [-0.3, -0.25) is 9.69 Å². The number of aromatic nitrogens is 2. The van der Waals surface area contributed by atoms with Gasteiger partial charge in [0, 0.05) is 30.7 Å². The van der Waals surface area contributed by atoms with Crippen LogP contribution in [0.25, 0.3) is 22.0 Å². The van der Waals surface area contributed by atoms with Crippen LogP contribution in [0.2, 0.25) is 0 Å². The largest absolute Gasteiger partial charge is 0.487 e. The summed E-state index contributed by atoms with van der Waals surface area (Å²) in [5.41, 5.74) is 2.84. The summed E-state index contributed by atoms with van der Waals surface area (Å²) in [5.74, 6) is 0.207. The standard InChI is InChI=1S/C31H32F3N5O2/c1-4-39-13-5-6-24(18-39)41-28-12-10-23(31(32,33)34)16-27(28)37-29(40)21-8-7-19(2)25(15-21)20-9-11-26-22(14-20)17-36-30(35-3)38-26/h7-12,14-17,24H,4-6,13,18H2,1-3H3,(H,37,40)(H,35,36,38). The average Bonchev–Trinajstić information content (AvgIpc) is 2.97. The van der Waals surface area contributed by atoms with Crippen LogP contribution in [0, 0.1) is 6.92 Å². The molecule has 7 nitrogen and oxygen atoms in total. The van der Waals surface area contributed by atoms with E-state index in [0.717, 1.165) is 65.7 Å². The van der Waals surface area contributed by atoms with Crippen LogP contribution < -0.4 is 15.4 Å². The lowest BCUT2D eigenvalue weighted by Crippen LogP contribution is -2.40. The van der Waals surface area contributed by atoms with Gasteiger partial charge < -0.3 is 15.4 Å². The van der Waals surface area contributed by atoms with Gasteiger partial charge in [0.25, 0.3) is 5.91 Å². The summed E-state index contributed by atoms with van der Waals surface area (Å²) in [7, 11) is 1.75. The van der Waals surface area contributed by atoms with Crippen molar-refractivity contribution in [2.24, 2.45) is 0 Å². The number of hydrogen-bond donors (Lipinski definition) is 2. The number of likely N-dealkylation sites (tertiary alicyclic amines) is 1. The summed E-state index contributed by atoms with van der Waals surface area (Å²) in [6.07, 6.45) is -1.29. The molecule has 0 spiro atoms. The number of piperidine rings is 1. The molecule has 214 valence electrons. The van der Waals surface area contributed by atoms with E-state index in [0.29, 0.717) is 18.1 Å². The SMILES string of the molecule is CCN1CCCC(Oc2ccc(C(F)(F)F)cc2NC(=O)c2ccc(C)c(-c3ccc4nc(NC)ncc4c3)c2)C1. The first kappa shape index (κ1) is 28.4. The highest BCUT2D eigenvalue weighted by molar-refractivity contribution is 6.06. The Morgan fingerprint density at radius 3 is 2.71 bits per heavy atom. The molecule has 1 aliphatic heterocycles. The number of aryl methyl sites for hydroxylation is 1. The van der Waals surface area contributed by atoms with Crippen molar-refractivity contribution in [2.75, 3.05) is 37.3 Å². The number of halogens is 3. The van der Waals surface area contributed by atoms with E-state index in [1.165, 1.54) is 6.07 Å². The highest BCUT2D eigenvalue weighted by Gasteiger charge is 2.32. The zero-order valence-electron chi connectivity index (χ0n) is 23.2. The lowest BCUT2D eigenvalue weighted by molar-refractivity contribution is -0.137. The number of carbonyl (C=O) groups excluding carboxylic acids is 1. The Hall–Kier alpha value is -4.18. The van der Waals surface area contributed by atoms with Crippen LogP contribution in [0.5, 0.6) is 5.75 Å². The second kappa shape index (κ2) is 11.7. The van der Waals surface area contributed by atoms with Gasteiger partial charge in [0.2, 0.25) is 5.95 Å². The fourth-order valence-electron chi connectivity index (χ4n) is 5.07. The number of amides is 1. The Kier molecular flexibility index (Phi) is 8.12. The van der Waals surface area contributed by atoms with Gasteiger partial charge in [-0.1, -0.05) is 19.1 Å². The van der Waals surface area contributed by atoms with Gasteiger partial charge in [0.1, 0.15) is 11.9 Å². The molecule has 10 heteroatoms. The monoisotopic (exact) mass is 563 g/mol. The minimum Gasteiger partial charge on any atom is -0.487 e.